The summed E-state index contributed by atoms with van der Waals surface area (Å²) in [6, 6.07) is 4.07. The van der Waals surface area contributed by atoms with Crippen molar-refractivity contribution >= 4 is 34.4 Å². The van der Waals surface area contributed by atoms with Crippen LogP contribution in [0.25, 0.3) is 16.7 Å². The van der Waals surface area contributed by atoms with Crippen LogP contribution in [0.3, 0.4) is 0 Å². The van der Waals surface area contributed by atoms with Crippen LogP contribution in [0.5, 0.6) is 0 Å². The van der Waals surface area contributed by atoms with Gasteiger partial charge in [0.15, 0.2) is 5.82 Å². The minimum absolute atomic E-state index is 0.154. The van der Waals surface area contributed by atoms with Crippen LogP contribution in [0.4, 0.5) is 10.6 Å². The SMILES string of the molecule is CC(NC(=O)O)c1nc2cccc(Cl)c2c(=O)n1-c1cnc(N)cn1. The van der Waals surface area contributed by atoms with E-state index < -0.39 is 17.7 Å². The first-order chi connectivity index (χ1) is 11.9. The smallest absolute Gasteiger partial charge is 0.405 e. The molecule has 1 aromatic carbocycles. The first-order valence-corrected chi connectivity index (χ1v) is 7.55. The van der Waals surface area contributed by atoms with Crippen molar-refractivity contribution in [3.8, 4) is 5.82 Å². The zero-order valence-corrected chi connectivity index (χ0v) is 13.7. The Kier molecular flexibility index (Phi) is 4.24. The lowest BCUT2D eigenvalue weighted by Gasteiger charge is -2.18. The van der Waals surface area contributed by atoms with E-state index in [1.165, 1.54) is 17.0 Å². The van der Waals surface area contributed by atoms with Gasteiger partial charge in [-0.3, -0.25) is 4.79 Å². The normalized spacial score (nSPS) is 12.1. The van der Waals surface area contributed by atoms with Gasteiger partial charge in [0.05, 0.1) is 34.4 Å². The van der Waals surface area contributed by atoms with Crippen molar-refractivity contribution in [3.05, 3.63) is 51.8 Å². The number of fused-ring (bicyclic) bond motifs is 1. The van der Waals surface area contributed by atoms with Gasteiger partial charge in [0, 0.05) is 0 Å². The lowest BCUT2D eigenvalue weighted by molar-refractivity contribution is 0.190. The summed E-state index contributed by atoms with van der Waals surface area (Å²) in [6.07, 6.45) is 1.35. The van der Waals surface area contributed by atoms with Crippen molar-refractivity contribution in [2.45, 2.75) is 13.0 Å². The molecule has 10 heteroatoms. The van der Waals surface area contributed by atoms with E-state index in [9.17, 15) is 9.59 Å². The number of amides is 1. The summed E-state index contributed by atoms with van der Waals surface area (Å²) in [5.41, 5.74) is 5.40. The molecular weight excluding hydrogens is 348 g/mol. The summed E-state index contributed by atoms with van der Waals surface area (Å²) in [6.45, 7) is 1.56. The molecule has 1 amide bonds. The predicted molar refractivity (Wildman–Crippen MR) is 91.9 cm³/mol. The Morgan fingerprint density at radius 3 is 2.76 bits per heavy atom. The monoisotopic (exact) mass is 360 g/mol. The van der Waals surface area contributed by atoms with Crippen LogP contribution in [-0.4, -0.2) is 30.7 Å². The van der Waals surface area contributed by atoms with E-state index in [0.717, 1.165) is 0 Å². The van der Waals surface area contributed by atoms with Gasteiger partial charge < -0.3 is 16.2 Å². The number of rotatable bonds is 3. The van der Waals surface area contributed by atoms with E-state index in [2.05, 4.69) is 20.3 Å². The summed E-state index contributed by atoms with van der Waals surface area (Å²) in [5, 5.41) is 11.7. The number of hydrogen-bond donors (Lipinski definition) is 3. The lowest BCUT2D eigenvalue weighted by atomic mass is 10.2. The van der Waals surface area contributed by atoms with Crippen molar-refractivity contribution in [2.75, 3.05) is 5.73 Å². The second-order valence-corrected chi connectivity index (χ2v) is 5.62. The van der Waals surface area contributed by atoms with Gasteiger partial charge >= 0.3 is 6.09 Å². The van der Waals surface area contributed by atoms with E-state index in [1.807, 2.05) is 0 Å². The maximum absolute atomic E-state index is 13.0. The quantitative estimate of drug-likeness (QED) is 0.647. The van der Waals surface area contributed by atoms with Crippen LogP contribution in [0.1, 0.15) is 18.8 Å². The van der Waals surface area contributed by atoms with Crippen molar-refractivity contribution in [1.29, 1.82) is 0 Å². The fourth-order valence-corrected chi connectivity index (χ4v) is 2.67. The van der Waals surface area contributed by atoms with Crippen LogP contribution in [0.15, 0.2) is 35.4 Å². The number of anilines is 1. The molecule has 0 saturated carbocycles. The first-order valence-electron chi connectivity index (χ1n) is 7.17. The van der Waals surface area contributed by atoms with E-state index in [0.29, 0.717) is 5.52 Å². The molecule has 0 radical (unpaired) electrons. The number of halogens is 1. The summed E-state index contributed by atoms with van der Waals surface area (Å²) in [5.74, 6) is 0.491. The fourth-order valence-electron chi connectivity index (χ4n) is 2.42. The van der Waals surface area contributed by atoms with E-state index in [1.54, 1.807) is 25.1 Å². The predicted octanol–water partition coefficient (Wildman–Crippen LogP) is 1.74. The Labute approximate surface area is 146 Å². The molecule has 0 saturated heterocycles. The highest BCUT2D eigenvalue weighted by Crippen LogP contribution is 2.22. The van der Waals surface area contributed by atoms with E-state index in [-0.39, 0.29) is 27.9 Å². The summed E-state index contributed by atoms with van der Waals surface area (Å²) >= 11 is 6.14. The average molecular weight is 361 g/mol. The average Bonchev–Trinajstić information content (AvgIpc) is 2.55. The minimum Gasteiger partial charge on any atom is -0.465 e. The van der Waals surface area contributed by atoms with E-state index in [4.69, 9.17) is 22.4 Å². The Balaban J connectivity index is 2.36. The largest absolute Gasteiger partial charge is 0.465 e. The second kappa shape index (κ2) is 6.36. The van der Waals surface area contributed by atoms with Gasteiger partial charge in [-0.25, -0.2) is 24.3 Å². The second-order valence-electron chi connectivity index (χ2n) is 5.22. The highest BCUT2D eigenvalue weighted by molar-refractivity contribution is 6.35. The number of hydrogen-bond acceptors (Lipinski definition) is 6. The Morgan fingerprint density at radius 2 is 2.12 bits per heavy atom. The Hall–Kier alpha value is -3.20. The number of nitrogens with two attached hydrogens (primary N) is 1. The van der Waals surface area contributed by atoms with Crippen LogP contribution in [0.2, 0.25) is 5.02 Å². The summed E-state index contributed by atoms with van der Waals surface area (Å²) in [7, 11) is 0. The number of carboxylic acid groups (broad SMARTS) is 1. The molecule has 0 bridgehead atoms. The van der Waals surface area contributed by atoms with Crippen LogP contribution in [-0.2, 0) is 0 Å². The molecule has 4 N–H and O–H groups in total. The molecule has 1 unspecified atom stereocenters. The zero-order valence-electron chi connectivity index (χ0n) is 13.0. The maximum atomic E-state index is 13.0. The number of nitrogens with zero attached hydrogens (tertiary/aromatic N) is 4. The van der Waals surface area contributed by atoms with Crippen molar-refractivity contribution in [1.82, 2.24) is 24.8 Å². The van der Waals surface area contributed by atoms with Crippen molar-refractivity contribution in [2.24, 2.45) is 0 Å². The molecule has 128 valence electrons. The molecule has 2 aromatic heterocycles. The van der Waals surface area contributed by atoms with Gasteiger partial charge in [-0.2, -0.15) is 0 Å². The molecule has 0 fully saturated rings. The Bertz CT molecular complexity index is 1020. The fraction of sp³-hybridized carbons (Fsp3) is 0.133. The molecule has 0 aliphatic carbocycles. The molecule has 1 atom stereocenters. The van der Waals surface area contributed by atoms with Crippen molar-refractivity contribution < 1.29 is 9.90 Å². The molecule has 0 aliphatic rings. The Morgan fingerprint density at radius 1 is 1.36 bits per heavy atom. The van der Waals surface area contributed by atoms with Gasteiger partial charge in [-0.15, -0.1) is 0 Å². The molecule has 3 rings (SSSR count). The van der Waals surface area contributed by atoms with E-state index >= 15 is 0 Å². The van der Waals surface area contributed by atoms with Gasteiger partial charge in [0.25, 0.3) is 5.56 Å². The lowest BCUT2D eigenvalue weighted by Crippen LogP contribution is -2.33. The number of nitrogen functional groups attached to an aromatic ring is 1. The van der Waals surface area contributed by atoms with Crippen molar-refractivity contribution in [3.63, 3.8) is 0 Å². The number of carbonyl (C=O) groups is 1. The van der Waals surface area contributed by atoms with Gasteiger partial charge in [-0.05, 0) is 19.1 Å². The summed E-state index contributed by atoms with van der Waals surface area (Å²) < 4.78 is 1.17. The third-order valence-corrected chi connectivity index (χ3v) is 3.80. The molecule has 0 aliphatic heterocycles. The third-order valence-electron chi connectivity index (χ3n) is 3.49. The van der Waals surface area contributed by atoms with Crippen LogP contribution < -0.4 is 16.6 Å². The zero-order chi connectivity index (χ0) is 18.1. The molecule has 25 heavy (non-hydrogen) atoms. The topological polar surface area (TPSA) is 136 Å². The maximum Gasteiger partial charge on any atom is 0.405 e. The number of aromatic nitrogens is 4. The molecule has 9 nitrogen and oxygen atoms in total. The van der Waals surface area contributed by atoms with Crippen LogP contribution >= 0.6 is 11.6 Å². The number of benzene rings is 1. The molecule has 2 heterocycles. The number of nitrogens with one attached hydrogen (secondary N) is 1. The highest BCUT2D eigenvalue weighted by atomic mass is 35.5. The minimum atomic E-state index is -1.25. The first kappa shape index (κ1) is 16.7. The standard InChI is InChI=1S/C15H13ClN6O3/c1-7(20-15(24)25)13-21-9-4-2-3-8(16)12(9)14(23)22(13)11-6-18-10(17)5-19-11/h2-7,20H,1H3,(H2,17,18)(H,24,25). The highest BCUT2D eigenvalue weighted by Gasteiger charge is 2.21. The van der Waals surface area contributed by atoms with Gasteiger partial charge in [-0.1, -0.05) is 17.7 Å². The molecule has 0 spiro atoms. The third kappa shape index (κ3) is 3.09. The summed E-state index contributed by atoms with van der Waals surface area (Å²) in [4.78, 5) is 36.4. The molecular formula is C15H13ClN6O3. The molecule has 3 aromatic rings. The van der Waals surface area contributed by atoms with Gasteiger partial charge in [0.1, 0.15) is 11.6 Å². The van der Waals surface area contributed by atoms with Crippen LogP contribution in [0, 0.1) is 0 Å². The van der Waals surface area contributed by atoms with Gasteiger partial charge in [0.2, 0.25) is 0 Å².